The van der Waals surface area contributed by atoms with E-state index in [9.17, 15) is 9.59 Å². The Hall–Kier alpha value is -3.02. The van der Waals surface area contributed by atoms with Crippen molar-refractivity contribution in [1.82, 2.24) is 0 Å². The van der Waals surface area contributed by atoms with Gasteiger partial charge in [-0.15, -0.1) is 0 Å². The number of nitrogens with one attached hydrogen (secondary N) is 2. The zero-order chi connectivity index (χ0) is 20.8. The molecule has 148 valence electrons. The SMILES string of the molecule is CCC(=O)Nc1cccc(NC(=O)C=Cc2ccc(-c3cccc(Cl)c3Cl)o2)c1. The molecule has 0 fully saturated rings. The number of hydrogen-bond acceptors (Lipinski definition) is 3. The summed E-state index contributed by atoms with van der Waals surface area (Å²) in [6, 6.07) is 15.7. The van der Waals surface area contributed by atoms with Crippen molar-refractivity contribution >= 4 is 52.5 Å². The standard InChI is InChI=1S/C22H18Cl2N2O3/c1-2-20(27)25-14-5-3-6-15(13-14)26-21(28)12-10-16-9-11-19(29-16)17-7-4-8-18(23)22(17)24/h3-13H,2H2,1H3,(H,25,27)(H,26,28). The summed E-state index contributed by atoms with van der Waals surface area (Å²) in [6.07, 6.45) is 3.30. The van der Waals surface area contributed by atoms with Gasteiger partial charge in [0.25, 0.3) is 0 Å². The van der Waals surface area contributed by atoms with Gasteiger partial charge in [-0.25, -0.2) is 0 Å². The van der Waals surface area contributed by atoms with Crippen molar-refractivity contribution in [2.45, 2.75) is 13.3 Å². The Kier molecular flexibility index (Phi) is 6.75. The summed E-state index contributed by atoms with van der Waals surface area (Å²) in [7, 11) is 0. The van der Waals surface area contributed by atoms with Crippen molar-refractivity contribution in [3.8, 4) is 11.3 Å². The minimum absolute atomic E-state index is 0.0956. The zero-order valence-corrected chi connectivity index (χ0v) is 17.1. The van der Waals surface area contributed by atoms with Gasteiger partial charge in [0, 0.05) is 29.4 Å². The molecule has 7 heteroatoms. The predicted molar refractivity (Wildman–Crippen MR) is 117 cm³/mol. The number of amides is 2. The van der Waals surface area contributed by atoms with Crippen LogP contribution in [0.5, 0.6) is 0 Å². The van der Waals surface area contributed by atoms with Crippen molar-refractivity contribution in [3.63, 3.8) is 0 Å². The third kappa shape index (κ3) is 5.50. The first-order valence-corrected chi connectivity index (χ1v) is 9.65. The molecule has 5 nitrogen and oxygen atoms in total. The highest BCUT2D eigenvalue weighted by atomic mass is 35.5. The zero-order valence-electron chi connectivity index (χ0n) is 15.5. The molecule has 0 aliphatic rings. The van der Waals surface area contributed by atoms with Crippen LogP contribution >= 0.6 is 23.2 Å². The normalized spacial score (nSPS) is 10.9. The maximum absolute atomic E-state index is 12.2. The summed E-state index contributed by atoms with van der Waals surface area (Å²) in [5, 5.41) is 6.34. The summed E-state index contributed by atoms with van der Waals surface area (Å²) in [4.78, 5) is 23.7. The number of carbonyl (C=O) groups is 2. The predicted octanol–water partition coefficient (Wildman–Crippen LogP) is 6.25. The van der Waals surface area contributed by atoms with Crippen molar-refractivity contribution in [1.29, 1.82) is 0 Å². The van der Waals surface area contributed by atoms with Crippen molar-refractivity contribution in [3.05, 3.63) is 76.5 Å². The number of benzene rings is 2. The highest BCUT2D eigenvalue weighted by molar-refractivity contribution is 6.43. The molecule has 0 saturated carbocycles. The number of anilines is 2. The first-order valence-electron chi connectivity index (χ1n) is 8.89. The van der Waals surface area contributed by atoms with Crippen LogP contribution in [-0.2, 0) is 9.59 Å². The van der Waals surface area contributed by atoms with E-state index in [1.807, 2.05) is 0 Å². The molecule has 2 amide bonds. The molecule has 1 heterocycles. The van der Waals surface area contributed by atoms with Crippen LogP contribution in [0.2, 0.25) is 10.0 Å². The van der Waals surface area contributed by atoms with Gasteiger partial charge in [-0.2, -0.15) is 0 Å². The average molecular weight is 429 g/mol. The van der Waals surface area contributed by atoms with Crippen molar-refractivity contribution in [2.24, 2.45) is 0 Å². The van der Waals surface area contributed by atoms with Crippen LogP contribution in [0.15, 0.2) is 65.1 Å². The summed E-state index contributed by atoms with van der Waals surface area (Å²) in [5.41, 5.74) is 1.86. The Morgan fingerprint density at radius 3 is 2.48 bits per heavy atom. The molecular formula is C22H18Cl2N2O3. The molecule has 3 rings (SSSR count). The molecule has 0 bridgehead atoms. The smallest absolute Gasteiger partial charge is 0.248 e. The maximum atomic E-state index is 12.2. The lowest BCUT2D eigenvalue weighted by Crippen LogP contribution is -2.11. The van der Waals surface area contributed by atoms with E-state index in [4.69, 9.17) is 27.6 Å². The van der Waals surface area contributed by atoms with Gasteiger partial charge in [0.05, 0.1) is 10.0 Å². The number of halogens is 2. The molecule has 2 N–H and O–H groups in total. The summed E-state index contributed by atoms with van der Waals surface area (Å²) >= 11 is 12.2. The Morgan fingerprint density at radius 1 is 1.00 bits per heavy atom. The average Bonchev–Trinajstić information content (AvgIpc) is 3.17. The topological polar surface area (TPSA) is 71.3 Å². The fourth-order valence-electron chi connectivity index (χ4n) is 2.55. The van der Waals surface area contributed by atoms with Gasteiger partial charge in [0.1, 0.15) is 11.5 Å². The highest BCUT2D eigenvalue weighted by Gasteiger charge is 2.10. The van der Waals surface area contributed by atoms with Crippen LogP contribution in [0, 0.1) is 0 Å². The van der Waals surface area contributed by atoms with E-state index < -0.39 is 0 Å². The fraction of sp³-hybridized carbons (Fsp3) is 0.0909. The fourth-order valence-corrected chi connectivity index (χ4v) is 2.94. The molecule has 3 aromatic rings. The Labute approximate surface area is 178 Å². The van der Waals surface area contributed by atoms with Crippen LogP contribution in [-0.4, -0.2) is 11.8 Å². The Bertz CT molecular complexity index is 1070. The first-order chi connectivity index (χ1) is 14.0. The monoisotopic (exact) mass is 428 g/mol. The van der Waals surface area contributed by atoms with Crippen LogP contribution in [0.3, 0.4) is 0 Å². The molecule has 0 unspecified atom stereocenters. The molecule has 2 aromatic carbocycles. The lowest BCUT2D eigenvalue weighted by Gasteiger charge is -2.06. The van der Waals surface area contributed by atoms with Gasteiger partial charge < -0.3 is 15.1 Å². The summed E-state index contributed by atoms with van der Waals surface area (Å²) in [6.45, 7) is 1.77. The quantitative estimate of drug-likeness (QED) is 0.455. The lowest BCUT2D eigenvalue weighted by molar-refractivity contribution is -0.116. The highest BCUT2D eigenvalue weighted by Crippen LogP contribution is 2.34. The molecule has 0 spiro atoms. The molecule has 29 heavy (non-hydrogen) atoms. The number of carbonyl (C=O) groups excluding carboxylic acids is 2. The van der Waals surface area contributed by atoms with Gasteiger partial charge in [0.15, 0.2) is 0 Å². The Balaban J connectivity index is 1.66. The first kappa shape index (κ1) is 20.7. The third-order valence-electron chi connectivity index (χ3n) is 3.98. The molecule has 0 aliphatic carbocycles. The van der Waals surface area contributed by atoms with E-state index in [-0.39, 0.29) is 11.8 Å². The molecule has 0 saturated heterocycles. The number of rotatable bonds is 6. The minimum atomic E-state index is -0.331. The van der Waals surface area contributed by atoms with Gasteiger partial charge in [-0.05, 0) is 48.5 Å². The van der Waals surface area contributed by atoms with Crippen molar-refractivity contribution < 1.29 is 14.0 Å². The maximum Gasteiger partial charge on any atom is 0.248 e. The van der Waals surface area contributed by atoms with Crippen LogP contribution in [0.1, 0.15) is 19.1 Å². The van der Waals surface area contributed by atoms with E-state index in [2.05, 4.69) is 10.6 Å². The second kappa shape index (κ2) is 9.45. The molecule has 0 aliphatic heterocycles. The van der Waals surface area contributed by atoms with Crippen LogP contribution in [0.4, 0.5) is 11.4 Å². The van der Waals surface area contributed by atoms with E-state index in [1.165, 1.54) is 6.08 Å². The Morgan fingerprint density at radius 2 is 1.72 bits per heavy atom. The van der Waals surface area contributed by atoms with Crippen LogP contribution < -0.4 is 10.6 Å². The van der Waals surface area contributed by atoms with E-state index >= 15 is 0 Å². The third-order valence-corrected chi connectivity index (χ3v) is 4.80. The summed E-state index contributed by atoms with van der Waals surface area (Å²) < 4.78 is 5.72. The molecule has 0 radical (unpaired) electrons. The summed E-state index contributed by atoms with van der Waals surface area (Å²) in [5.74, 6) is 0.622. The molecule has 1 aromatic heterocycles. The molecular weight excluding hydrogens is 411 g/mol. The second-order valence-corrected chi connectivity index (χ2v) is 6.89. The van der Waals surface area contributed by atoms with E-state index in [0.717, 1.165) is 0 Å². The van der Waals surface area contributed by atoms with E-state index in [0.29, 0.717) is 44.9 Å². The lowest BCUT2D eigenvalue weighted by atomic mass is 10.2. The van der Waals surface area contributed by atoms with E-state index in [1.54, 1.807) is 67.6 Å². The van der Waals surface area contributed by atoms with Gasteiger partial charge >= 0.3 is 0 Å². The molecule has 0 atom stereocenters. The van der Waals surface area contributed by atoms with Gasteiger partial charge in [-0.1, -0.05) is 42.3 Å². The van der Waals surface area contributed by atoms with Gasteiger partial charge in [0.2, 0.25) is 11.8 Å². The largest absolute Gasteiger partial charge is 0.457 e. The van der Waals surface area contributed by atoms with Crippen molar-refractivity contribution in [2.75, 3.05) is 10.6 Å². The minimum Gasteiger partial charge on any atom is -0.457 e. The van der Waals surface area contributed by atoms with Crippen LogP contribution in [0.25, 0.3) is 17.4 Å². The number of furan rings is 1. The number of hydrogen-bond donors (Lipinski definition) is 2. The van der Waals surface area contributed by atoms with Gasteiger partial charge in [-0.3, -0.25) is 9.59 Å². The second-order valence-electron chi connectivity index (χ2n) is 6.11.